The van der Waals surface area contributed by atoms with E-state index in [1.165, 1.54) is 18.4 Å². The van der Waals surface area contributed by atoms with E-state index in [0.717, 1.165) is 22.6 Å². The highest BCUT2D eigenvalue weighted by atomic mass is 79.9. The van der Waals surface area contributed by atoms with Crippen molar-refractivity contribution in [2.45, 2.75) is 39.2 Å². The molecule has 1 atom stereocenters. The van der Waals surface area contributed by atoms with E-state index in [9.17, 15) is 0 Å². The summed E-state index contributed by atoms with van der Waals surface area (Å²) in [6.45, 7) is 4.55. The van der Waals surface area contributed by atoms with Crippen LogP contribution in [0.3, 0.4) is 0 Å². The summed E-state index contributed by atoms with van der Waals surface area (Å²) >= 11 is 3.63. The molecule has 0 aliphatic rings. The summed E-state index contributed by atoms with van der Waals surface area (Å²) in [7, 11) is 3.73. The summed E-state index contributed by atoms with van der Waals surface area (Å²) in [6, 6.07) is 6.53. The first-order valence-electron chi connectivity index (χ1n) is 6.59. The summed E-state index contributed by atoms with van der Waals surface area (Å²) in [5, 5.41) is 3.40. The fourth-order valence-corrected chi connectivity index (χ4v) is 2.62. The molecule has 0 aliphatic carbocycles. The van der Waals surface area contributed by atoms with Crippen LogP contribution in [0.15, 0.2) is 22.7 Å². The molecule has 1 rings (SSSR count). The quantitative estimate of drug-likeness (QED) is 0.797. The number of hydrogen-bond donors (Lipinski definition) is 1. The van der Waals surface area contributed by atoms with Gasteiger partial charge in [-0.2, -0.15) is 0 Å². The van der Waals surface area contributed by atoms with E-state index in [2.05, 4.69) is 47.2 Å². The number of hydrogen-bond acceptors (Lipinski definition) is 2. The number of ether oxygens (including phenoxy) is 1. The largest absolute Gasteiger partial charge is 0.497 e. The molecule has 0 saturated heterocycles. The minimum absolute atomic E-state index is 0.383. The third kappa shape index (κ3) is 4.62. The van der Waals surface area contributed by atoms with Gasteiger partial charge in [0.2, 0.25) is 0 Å². The lowest BCUT2D eigenvalue weighted by atomic mass is 9.98. The van der Waals surface area contributed by atoms with Crippen molar-refractivity contribution in [3.8, 4) is 5.75 Å². The predicted molar refractivity (Wildman–Crippen MR) is 81.2 cm³/mol. The molecule has 0 saturated carbocycles. The van der Waals surface area contributed by atoms with Crippen LogP contribution in [0, 0.1) is 5.92 Å². The van der Waals surface area contributed by atoms with Crippen LogP contribution in [0.2, 0.25) is 0 Å². The van der Waals surface area contributed by atoms with Gasteiger partial charge >= 0.3 is 0 Å². The van der Waals surface area contributed by atoms with Crippen LogP contribution in [-0.2, 0) is 0 Å². The maximum absolute atomic E-state index is 5.30. The van der Waals surface area contributed by atoms with Gasteiger partial charge in [0, 0.05) is 10.5 Å². The molecule has 2 nitrogen and oxygen atoms in total. The van der Waals surface area contributed by atoms with Crippen molar-refractivity contribution in [1.29, 1.82) is 0 Å². The second kappa shape index (κ2) is 7.80. The molecule has 1 unspecified atom stereocenters. The SMILES string of the molecule is CNC(CCCC(C)C)c1cc(OC)ccc1Br. The molecule has 0 bridgehead atoms. The molecule has 0 fully saturated rings. The zero-order chi connectivity index (χ0) is 13.5. The Kier molecular flexibility index (Phi) is 6.72. The van der Waals surface area contributed by atoms with E-state index in [1.54, 1.807) is 7.11 Å². The van der Waals surface area contributed by atoms with Gasteiger partial charge in [0.05, 0.1) is 7.11 Å². The van der Waals surface area contributed by atoms with Crippen molar-refractivity contribution in [2.75, 3.05) is 14.2 Å². The fourth-order valence-electron chi connectivity index (χ4n) is 2.10. The Hall–Kier alpha value is -0.540. The van der Waals surface area contributed by atoms with Crippen LogP contribution in [0.5, 0.6) is 5.75 Å². The first kappa shape index (κ1) is 15.5. The Morgan fingerprint density at radius 2 is 2.00 bits per heavy atom. The molecular weight excluding hydrogens is 290 g/mol. The lowest BCUT2D eigenvalue weighted by Crippen LogP contribution is -2.17. The molecule has 0 radical (unpaired) electrons. The first-order valence-corrected chi connectivity index (χ1v) is 7.38. The van der Waals surface area contributed by atoms with Crippen LogP contribution < -0.4 is 10.1 Å². The molecule has 1 aromatic carbocycles. The zero-order valence-corrected chi connectivity index (χ0v) is 13.4. The smallest absolute Gasteiger partial charge is 0.119 e. The second-order valence-electron chi connectivity index (χ2n) is 5.05. The van der Waals surface area contributed by atoms with Crippen molar-refractivity contribution < 1.29 is 4.74 Å². The van der Waals surface area contributed by atoms with Gasteiger partial charge < -0.3 is 10.1 Å². The molecule has 0 spiro atoms. The predicted octanol–water partition coefficient (Wildman–Crippen LogP) is 4.54. The molecule has 1 aromatic rings. The Balaban J connectivity index is 2.74. The van der Waals surface area contributed by atoms with Gasteiger partial charge in [-0.3, -0.25) is 0 Å². The Labute approximate surface area is 119 Å². The van der Waals surface area contributed by atoms with Crippen molar-refractivity contribution in [2.24, 2.45) is 5.92 Å². The molecule has 0 aromatic heterocycles. The third-order valence-electron chi connectivity index (χ3n) is 3.20. The molecule has 0 heterocycles. The number of rotatable bonds is 7. The van der Waals surface area contributed by atoms with Gasteiger partial charge in [-0.1, -0.05) is 42.6 Å². The van der Waals surface area contributed by atoms with Gasteiger partial charge in [-0.25, -0.2) is 0 Å². The van der Waals surface area contributed by atoms with E-state index in [4.69, 9.17) is 4.74 Å². The van der Waals surface area contributed by atoms with Gasteiger partial charge in [0.15, 0.2) is 0 Å². The van der Waals surface area contributed by atoms with Crippen molar-refractivity contribution in [3.05, 3.63) is 28.2 Å². The fraction of sp³-hybridized carbons (Fsp3) is 0.600. The Morgan fingerprint density at radius 1 is 1.28 bits per heavy atom. The maximum Gasteiger partial charge on any atom is 0.119 e. The number of benzene rings is 1. The standard InChI is InChI=1S/C15H24BrNO/c1-11(2)6-5-7-15(17-3)13-10-12(18-4)8-9-14(13)16/h8-11,15,17H,5-7H2,1-4H3. The monoisotopic (exact) mass is 313 g/mol. The van der Waals surface area contributed by atoms with E-state index in [-0.39, 0.29) is 0 Å². The van der Waals surface area contributed by atoms with Crippen molar-refractivity contribution in [3.63, 3.8) is 0 Å². The van der Waals surface area contributed by atoms with Crippen LogP contribution in [-0.4, -0.2) is 14.2 Å². The van der Waals surface area contributed by atoms with Crippen LogP contribution in [0.4, 0.5) is 0 Å². The highest BCUT2D eigenvalue weighted by Crippen LogP contribution is 2.30. The molecule has 102 valence electrons. The number of halogens is 1. The number of methoxy groups -OCH3 is 1. The maximum atomic E-state index is 5.30. The van der Waals surface area contributed by atoms with Crippen molar-refractivity contribution in [1.82, 2.24) is 5.32 Å². The normalized spacial score (nSPS) is 12.8. The summed E-state index contributed by atoms with van der Waals surface area (Å²) in [5.74, 6) is 1.69. The van der Waals surface area contributed by atoms with E-state index in [0.29, 0.717) is 6.04 Å². The molecule has 18 heavy (non-hydrogen) atoms. The van der Waals surface area contributed by atoms with Crippen LogP contribution >= 0.6 is 15.9 Å². The zero-order valence-electron chi connectivity index (χ0n) is 11.8. The minimum Gasteiger partial charge on any atom is -0.497 e. The van der Waals surface area contributed by atoms with Gasteiger partial charge in [-0.05, 0) is 43.1 Å². The van der Waals surface area contributed by atoms with E-state index in [1.807, 2.05) is 13.1 Å². The van der Waals surface area contributed by atoms with E-state index >= 15 is 0 Å². The highest BCUT2D eigenvalue weighted by molar-refractivity contribution is 9.10. The molecule has 1 N–H and O–H groups in total. The third-order valence-corrected chi connectivity index (χ3v) is 3.92. The Morgan fingerprint density at radius 3 is 2.56 bits per heavy atom. The summed E-state index contributed by atoms with van der Waals surface area (Å²) < 4.78 is 6.44. The first-order chi connectivity index (χ1) is 8.58. The van der Waals surface area contributed by atoms with Crippen molar-refractivity contribution >= 4 is 15.9 Å². The molecular formula is C15H24BrNO. The lowest BCUT2D eigenvalue weighted by Gasteiger charge is -2.19. The average molecular weight is 314 g/mol. The van der Waals surface area contributed by atoms with Gasteiger partial charge in [0.1, 0.15) is 5.75 Å². The summed E-state index contributed by atoms with van der Waals surface area (Å²) in [5.41, 5.74) is 1.28. The topological polar surface area (TPSA) is 21.3 Å². The summed E-state index contributed by atoms with van der Waals surface area (Å²) in [6.07, 6.45) is 3.67. The van der Waals surface area contributed by atoms with E-state index < -0.39 is 0 Å². The molecule has 3 heteroatoms. The lowest BCUT2D eigenvalue weighted by molar-refractivity contribution is 0.411. The molecule has 0 aliphatic heterocycles. The minimum atomic E-state index is 0.383. The average Bonchev–Trinajstić information content (AvgIpc) is 2.35. The molecule has 0 amide bonds. The number of nitrogens with one attached hydrogen (secondary N) is 1. The van der Waals surface area contributed by atoms with Crippen LogP contribution in [0.25, 0.3) is 0 Å². The van der Waals surface area contributed by atoms with Gasteiger partial charge in [-0.15, -0.1) is 0 Å². The van der Waals surface area contributed by atoms with Gasteiger partial charge in [0.25, 0.3) is 0 Å². The summed E-state index contributed by atoms with van der Waals surface area (Å²) in [4.78, 5) is 0. The Bertz CT molecular complexity index is 366. The highest BCUT2D eigenvalue weighted by Gasteiger charge is 2.13. The van der Waals surface area contributed by atoms with Crippen LogP contribution in [0.1, 0.15) is 44.7 Å². The second-order valence-corrected chi connectivity index (χ2v) is 5.91.